The van der Waals surface area contributed by atoms with E-state index in [0.29, 0.717) is 17.1 Å². The maximum Gasteiger partial charge on any atom is 0.342 e. The lowest BCUT2D eigenvalue weighted by atomic mass is 10.2. The molecule has 0 saturated carbocycles. The summed E-state index contributed by atoms with van der Waals surface area (Å²) < 4.78 is 15.9. The zero-order chi connectivity index (χ0) is 13.7. The molecule has 0 saturated heterocycles. The van der Waals surface area contributed by atoms with Gasteiger partial charge in [-0.05, 0) is 39.8 Å². The summed E-state index contributed by atoms with van der Waals surface area (Å²) in [4.78, 5) is 11.9. The maximum atomic E-state index is 11.9. The molecule has 0 amide bonds. The van der Waals surface area contributed by atoms with Crippen molar-refractivity contribution in [3.05, 3.63) is 23.8 Å². The monoisotopic (exact) mass is 252 g/mol. The Labute approximate surface area is 108 Å². The Morgan fingerprint density at radius 3 is 2.28 bits per heavy atom. The molecule has 0 spiro atoms. The fourth-order valence-electron chi connectivity index (χ4n) is 1.43. The first-order valence-electron chi connectivity index (χ1n) is 5.99. The molecular weight excluding hydrogens is 232 g/mol. The lowest BCUT2D eigenvalue weighted by Gasteiger charge is -2.15. The Morgan fingerprint density at radius 2 is 1.78 bits per heavy atom. The minimum atomic E-state index is -0.386. The molecule has 4 nitrogen and oxygen atoms in total. The third-order valence-electron chi connectivity index (χ3n) is 2.11. The fraction of sp³-hybridized carbons (Fsp3) is 0.500. The Kier molecular flexibility index (Phi) is 5.01. The topological polar surface area (TPSA) is 44.8 Å². The van der Waals surface area contributed by atoms with Crippen LogP contribution in [0.25, 0.3) is 0 Å². The highest BCUT2D eigenvalue weighted by Gasteiger charge is 2.17. The summed E-state index contributed by atoms with van der Waals surface area (Å²) >= 11 is 0. The quantitative estimate of drug-likeness (QED) is 0.755. The van der Waals surface area contributed by atoms with E-state index in [1.54, 1.807) is 25.3 Å². The molecule has 0 atom stereocenters. The highest BCUT2D eigenvalue weighted by Crippen LogP contribution is 2.26. The molecule has 0 aliphatic rings. The molecular formula is C14H20O4. The molecule has 0 aliphatic carbocycles. The zero-order valence-electron chi connectivity index (χ0n) is 11.5. The second-order valence-corrected chi connectivity index (χ2v) is 4.48. The summed E-state index contributed by atoms with van der Waals surface area (Å²) in [6.45, 7) is 7.42. The van der Waals surface area contributed by atoms with Crippen LogP contribution < -0.4 is 9.47 Å². The van der Waals surface area contributed by atoms with E-state index >= 15 is 0 Å². The predicted molar refractivity (Wildman–Crippen MR) is 69.3 cm³/mol. The first-order valence-corrected chi connectivity index (χ1v) is 5.99. The minimum Gasteiger partial charge on any atom is -0.497 e. The average molecular weight is 252 g/mol. The Morgan fingerprint density at radius 1 is 1.11 bits per heavy atom. The molecule has 18 heavy (non-hydrogen) atoms. The number of carbonyl (C=O) groups is 1. The summed E-state index contributed by atoms with van der Waals surface area (Å²) in [5, 5.41) is 0. The van der Waals surface area contributed by atoms with Crippen LogP contribution in [0.3, 0.4) is 0 Å². The van der Waals surface area contributed by atoms with Gasteiger partial charge in [0, 0.05) is 6.07 Å². The van der Waals surface area contributed by atoms with E-state index in [4.69, 9.17) is 14.2 Å². The van der Waals surface area contributed by atoms with Gasteiger partial charge in [-0.15, -0.1) is 0 Å². The molecule has 0 bridgehead atoms. The molecule has 0 heterocycles. The lowest BCUT2D eigenvalue weighted by Crippen LogP contribution is -2.15. The predicted octanol–water partition coefficient (Wildman–Crippen LogP) is 3.05. The van der Waals surface area contributed by atoms with Crippen molar-refractivity contribution in [3.63, 3.8) is 0 Å². The molecule has 1 aromatic carbocycles. The van der Waals surface area contributed by atoms with Crippen LogP contribution in [0.5, 0.6) is 11.5 Å². The molecule has 0 aliphatic heterocycles. The van der Waals surface area contributed by atoms with E-state index in [0.717, 1.165) is 0 Å². The zero-order valence-corrected chi connectivity index (χ0v) is 11.5. The number of methoxy groups -OCH3 is 1. The molecule has 0 aromatic heterocycles. The molecule has 0 radical (unpaired) electrons. The van der Waals surface area contributed by atoms with Gasteiger partial charge in [-0.3, -0.25) is 0 Å². The average Bonchev–Trinajstić information content (AvgIpc) is 2.26. The van der Waals surface area contributed by atoms with Crippen LogP contribution in [0.2, 0.25) is 0 Å². The van der Waals surface area contributed by atoms with Gasteiger partial charge < -0.3 is 14.2 Å². The van der Waals surface area contributed by atoms with Crippen LogP contribution in [0, 0.1) is 0 Å². The first kappa shape index (κ1) is 14.4. The van der Waals surface area contributed by atoms with E-state index in [1.165, 1.54) is 0 Å². The van der Waals surface area contributed by atoms with Crippen molar-refractivity contribution in [1.82, 2.24) is 0 Å². The van der Waals surface area contributed by atoms with Crippen LogP contribution in [0.4, 0.5) is 0 Å². The van der Waals surface area contributed by atoms with Gasteiger partial charge in [0.15, 0.2) is 0 Å². The molecule has 100 valence electrons. The standard InChI is InChI=1S/C14H20O4/c1-9(2)17-13-8-11(16-5)6-7-12(13)14(15)18-10(3)4/h6-10H,1-5H3. The number of benzene rings is 1. The number of esters is 1. The number of rotatable bonds is 5. The van der Waals surface area contributed by atoms with Gasteiger partial charge in [-0.25, -0.2) is 4.79 Å². The van der Waals surface area contributed by atoms with Crippen molar-refractivity contribution in [2.45, 2.75) is 39.9 Å². The van der Waals surface area contributed by atoms with Gasteiger partial charge in [0.1, 0.15) is 17.1 Å². The van der Waals surface area contributed by atoms with Gasteiger partial charge in [0.25, 0.3) is 0 Å². The van der Waals surface area contributed by atoms with Crippen molar-refractivity contribution < 1.29 is 19.0 Å². The molecule has 4 heteroatoms. The minimum absolute atomic E-state index is 0.0253. The Balaban J connectivity index is 3.05. The van der Waals surface area contributed by atoms with Gasteiger partial charge in [0.05, 0.1) is 19.3 Å². The van der Waals surface area contributed by atoms with E-state index in [9.17, 15) is 4.79 Å². The maximum absolute atomic E-state index is 11.9. The second-order valence-electron chi connectivity index (χ2n) is 4.48. The molecule has 1 aromatic rings. The van der Waals surface area contributed by atoms with Crippen LogP contribution in [-0.2, 0) is 4.74 Å². The highest BCUT2D eigenvalue weighted by atomic mass is 16.5. The van der Waals surface area contributed by atoms with E-state index in [2.05, 4.69) is 0 Å². The van der Waals surface area contributed by atoms with Crippen molar-refractivity contribution in [1.29, 1.82) is 0 Å². The number of hydrogen-bond acceptors (Lipinski definition) is 4. The largest absolute Gasteiger partial charge is 0.497 e. The van der Waals surface area contributed by atoms with E-state index in [1.807, 2.05) is 27.7 Å². The Hall–Kier alpha value is -1.71. The third-order valence-corrected chi connectivity index (χ3v) is 2.11. The van der Waals surface area contributed by atoms with Crippen molar-refractivity contribution in [3.8, 4) is 11.5 Å². The first-order chi connectivity index (χ1) is 8.43. The smallest absolute Gasteiger partial charge is 0.342 e. The summed E-state index contributed by atoms with van der Waals surface area (Å²) in [7, 11) is 1.57. The highest BCUT2D eigenvalue weighted by molar-refractivity contribution is 5.92. The van der Waals surface area contributed by atoms with Crippen molar-refractivity contribution >= 4 is 5.97 Å². The van der Waals surface area contributed by atoms with E-state index in [-0.39, 0.29) is 18.2 Å². The molecule has 0 unspecified atom stereocenters. The fourth-order valence-corrected chi connectivity index (χ4v) is 1.43. The summed E-state index contributed by atoms with van der Waals surface area (Å²) in [5.41, 5.74) is 0.415. The second kappa shape index (κ2) is 6.28. The molecule has 1 rings (SSSR count). The van der Waals surface area contributed by atoms with Crippen molar-refractivity contribution in [2.75, 3.05) is 7.11 Å². The lowest BCUT2D eigenvalue weighted by molar-refractivity contribution is 0.0372. The van der Waals surface area contributed by atoms with Crippen LogP contribution in [-0.4, -0.2) is 25.3 Å². The van der Waals surface area contributed by atoms with Crippen molar-refractivity contribution in [2.24, 2.45) is 0 Å². The Bertz CT molecular complexity index is 410. The normalized spacial score (nSPS) is 10.6. The summed E-state index contributed by atoms with van der Waals surface area (Å²) in [6, 6.07) is 5.06. The van der Waals surface area contributed by atoms with Crippen LogP contribution >= 0.6 is 0 Å². The van der Waals surface area contributed by atoms with Gasteiger partial charge in [0.2, 0.25) is 0 Å². The third kappa shape index (κ3) is 3.95. The summed E-state index contributed by atoms with van der Waals surface area (Å²) in [5.74, 6) is 0.741. The number of carbonyl (C=O) groups excluding carboxylic acids is 1. The van der Waals surface area contributed by atoms with Gasteiger partial charge >= 0.3 is 5.97 Å². The van der Waals surface area contributed by atoms with Gasteiger partial charge in [-0.2, -0.15) is 0 Å². The van der Waals surface area contributed by atoms with Crippen LogP contribution in [0.15, 0.2) is 18.2 Å². The van der Waals surface area contributed by atoms with Crippen LogP contribution in [0.1, 0.15) is 38.1 Å². The molecule has 0 fully saturated rings. The molecule has 0 N–H and O–H groups in total. The number of hydrogen-bond donors (Lipinski definition) is 0. The van der Waals surface area contributed by atoms with Gasteiger partial charge in [-0.1, -0.05) is 0 Å². The van der Waals surface area contributed by atoms with E-state index < -0.39 is 0 Å². The summed E-state index contributed by atoms with van der Waals surface area (Å²) in [6.07, 6.45) is -0.186. The SMILES string of the molecule is COc1ccc(C(=O)OC(C)C)c(OC(C)C)c1. The number of ether oxygens (including phenoxy) is 3.